The number of hydrogen-bond donors (Lipinski definition) is 0. The summed E-state index contributed by atoms with van der Waals surface area (Å²) in [5, 5.41) is 0. The molecule has 4 heteroatoms. The Morgan fingerprint density at radius 2 is 1.61 bits per heavy atom. The predicted octanol–water partition coefficient (Wildman–Crippen LogP) is 4.29. The Labute approximate surface area is 139 Å². The average molecular weight is 318 g/mol. The minimum atomic E-state index is -0.604. The van der Waals surface area contributed by atoms with Crippen LogP contribution in [0.15, 0.2) is 9.98 Å². The van der Waals surface area contributed by atoms with Crippen LogP contribution in [-0.2, 0) is 9.59 Å². The maximum Gasteiger partial charge on any atom is 0.235 e. The Morgan fingerprint density at radius 1 is 0.957 bits per heavy atom. The number of isocyanates is 2. The van der Waals surface area contributed by atoms with Crippen molar-refractivity contribution in [1.82, 2.24) is 0 Å². The fourth-order valence-corrected chi connectivity index (χ4v) is 5.55. The van der Waals surface area contributed by atoms with E-state index < -0.39 is 5.54 Å². The fraction of sp³-hybridized carbons (Fsp3) is 0.895. The second-order valence-electron chi connectivity index (χ2n) is 8.53. The zero-order valence-electron chi connectivity index (χ0n) is 14.9. The quantitative estimate of drug-likeness (QED) is 0.573. The second-order valence-corrected chi connectivity index (χ2v) is 8.53. The first-order valence-electron chi connectivity index (χ1n) is 9.04. The van der Waals surface area contributed by atoms with Crippen LogP contribution in [0.1, 0.15) is 66.2 Å². The minimum Gasteiger partial charge on any atom is -0.211 e. The zero-order valence-corrected chi connectivity index (χ0v) is 14.9. The molecule has 2 aliphatic carbocycles. The Balaban J connectivity index is 2.10. The van der Waals surface area contributed by atoms with Crippen LogP contribution >= 0.6 is 0 Å². The fourth-order valence-electron chi connectivity index (χ4n) is 5.55. The SMILES string of the molecule is CC1CC(C)CC(CC2CC(C)C(N=C=O)C(C)(N=C=O)C2)C1. The highest BCUT2D eigenvalue weighted by Gasteiger charge is 2.45. The summed E-state index contributed by atoms with van der Waals surface area (Å²) in [6.45, 7) is 8.78. The molecule has 128 valence electrons. The normalized spacial score (nSPS) is 44.0. The van der Waals surface area contributed by atoms with E-state index in [0.717, 1.165) is 30.6 Å². The van der Waals surface area contributed by atoms with Gasteiger partial charge in [0.05, 0.1) is 11.6 Å². The molecule has 6 unspecified atom stereocenters. The summed E-state index contributed by atoms with van der Waals surface area (Å²) in [6.07, 6.45) is 10.5. The first-order chi connectivity index (χ1) is 10.9. The third kappa shape index (κ3) is 4.40. The highest BCUT2D eigenvalue weighted by molar-refractivity contribution is 5.38. The first-order valence-corrected chi connectivity index (χ1v) is 9.04. The van der Waals surface area contributed by atoms with Crippen LogP contribution in [0.2, 0.25) is 0 Å². The lowest BCUT2D eigenvalue weighted by Gasteiger charge is -2.44. The van der Waals surface area contributed by atoms with E-state index in [1.54, 1.807) is 12.2 Å². The Kier molecular flexibility index (Phi) is 5.95. The van der Waals surface area contributed by atoms with Gasteiger partial charge in [0.25, 0.3) is 0 Å². The molecule has 0 bridgehead atoms. The van der Waals surface area contributed by atoms with Crippen LogP contribution in [0, 0.1) is 29.6 Å². The number of nitrogens with zero attached hydrogens (tertiary/aromatic N) is 2. The van der Waals surface area contributed by atoms with E-state index in [-0.39, 0.29) is 12.0 Å². The number of aliphatic imine (C=N–C) groups is 2. The standard InChI is InChI=1S/C19H30N2O2/c1-13-5-14(2)7-16(6-13)9-17-8-15(3)18(20-11-22)19(4,10-17)21-12-23/h13-18H,5-10H2,1-4H3. The van der Waals surface area contributed by atoms with Crippen LogP contribution in [0.3, 0.4) is 0 Å². The molecule has 4 nitrogen and oxygen atoms in total. The van der Waals surface area contributed by atoms with Gasteiger partial charge in [-0.05, 0) is 75.0 Å². The van der Waals surface area contributed by atoms with Gasteiger partial charge in [-0.1, -0.05) is 20.8 Å². The molecule has 6 atom stereocenters. The summed E-state index contributed by atoms with van der Waals surface area (Å²) < 4.78 is 0. The van der Waals surface area contributed by atoms with E-state index in [4.69, 9.17) is 0 Å². The molecule has 2 fully saturated rings. The smallest absolute Gasteiger partial charge is 0.211 e. The highest BCUT2D eigenvalue weighted by Crippen LogP contribution is 2.45. The molecule has 0 aliphatic heterocycles. The van der Waals surface area contributed by atoms with Gasteiger partial charge in [-0.25, -0.2) is 9.59 Å². The molecule has 0 aromatic heterocycles. The lowest BCUT2D eigenvalue weighted by atomic mass is 9.64. The summed E-state index contributed by atoms with van der Waals surface area (Å²) in [5.74, 6) is 3.21. The Bertz CT molecular complexity index is 497. The largest absolute Gasteiger partial charge is 0.235 e. The average Bonchev–Trinajstić information content (AvgIpc) is 2.42. The highest BCUT2D eigenvalue weighted by atomic mass is 16.1. The van der Waals surface area contributed by atoms with Crippen molar-refractivity contribution >= 4 is 12.2 Å². The van der Waals surface area contributed by atoms with E-state index >= 15 is 0 Å². The van der Waals surface area contributed by atoms with Gasteiger partial charge in [0.2, 0.25) is 12.2 Å². The van der Waals surface area contributed by atoms with E-state index in [2.05, 4.69) is 30.8 Å². The molecular weight excluding hydrogens is 288 g/mol. The van der Waals surface area contributed by atoms with Crippen molar-refractivity contribution in [3.05, 3.63) is 0 Å². The number of carbonyl (C=O) groups excluding carboxylic acids is 2. The van der Waals surface area contributed by atoms with Crippen LogP contribution < -0.4 is 0 Å². The van der Waals surface area contributed by atoms with E-state index in [9.17, 15) is 9.59 Å². The summed E-state index contributed by atoms with van der Waals surface area (Å²) >= 11 is 0. The van der Waals surface area contributed by atoms with Gasteiger partial charge in [-0.15, -0.1) is 0 Å². The molecule has 2 saturated carbocycles. The maximum atomic E-state index is 10.9. The molecule has 0 N–H and O–H groups in total. The van der Waals surface area contributed by atoms with Crippen LogP contribution in [0.4, 0.5) is 0 Å². The third-order valence-electron chi connectivity index (χ3n) is 6.02. The summed E-state index contributed by atoms with van der Waals surface area (Å²) in [7, 11) is 0. The van der Waals surface area contributed by atoms with Crippen LogP contribution in [-0.4, -0.2) is 23.7 Å². The van der Waals surface area contributed by atoms with Crippen molar-refractivity contribution in [2.24, 2.45) is 39.6 Å². The van der Waals surface area contributed by atoms with Crippen molar-refractivity contribution in [3.63, 3.8) is 0 Å². The monoisotopic (exact) mass is 318 g/mol. The summed E-state index contributed by atoms with van der Waals surface area (Å²) in [5.41, 5.74) is -0.604. The molecule has 0 aromatic rings. The van der Waals surface area contributed by atoms with Crippen LogP contribution in [0.25, 0.3) is 0 Å². The summed E-state index contributed by atoms with van der Waals surface area (Å²) in [4.78, 5) is 29.7. The summed E-state index contributed by atoms with van der Waals surface area (Å²) in [6, 6.07) is -0.248. The van der Waals surface area contributed by atoms with Crippen molar-refractivity contribution in [2.45, 2.75) is 77.8 Å². The second kappa shape index (κ2) is 7.55. The molecule has 2 rings (SSSR count). The van der Waals surface area contributed by atoms with Gasteiger partial charge in [-0.2, -0.15) is 9.98 Å². The van der Waals surface area contributed by atoms with Crippen molar-refractivity contribution < 1.29 is 9.59 Å². The molecule has 0 spiro atoms. The topological polar surface area (TPSA) is 58.9 Å². The van der Waals surface area contributed by atoms with Crippen molar-refractivity contribution in [2.75, 3.05) is 0 Å². The van der Waals surface area contributed by atoms with Gasteiger partial charge < -0.3 is 0 Å². The lowest BCUT2D eigenvalue weighted by molar-refractivity contribution is 0.114. The third-order valence-corrected chi connectivity index (χ3v) is 6.02. The number of rotatable bonds is 4. The molecular formula is C19H30N2O2. The van der Waals surface area contributed by atoms with E-state index in [1.165, 1.54) is 25.7 Å². The molecule has 0 aromatic carbocycles. The van der Waals surface area contributed by atoms with Crippen LogP contribution in [0.5, 0.6) is 0 Å². The van der Waals surface area contributed by atoms with Gasteiger partial charge >= 0.3 is 0 Å². The Morgan fingerprint density at radius 3 is 2.17 bits per heavy atom. The van der Waals surface area contributed by atoms with E-state index in [0.29, 0.717) is 5.92 Å². The molecule has 23 heavy (non-hydrogen) atoms. The van der Waals surface area contributed by atoms with Gasteiger partial charge in [-0.3, -0.25) is 0 Å². The van der Waals surface area contributed by atoms with E-state index in [1.807, 2.05) is 6.92 Å². The Hall–Kier alpha value is -1.24. The molecule has 2 aliphatic rings. The zero-order chi connectivity index (χ0) is 17.0. The van der Waals surface area contributed by atoms with Crippen molar-refractivity contribution in [1.29, 1.82) is 0 Å². The lowest BCUT2D eigenvalue weighted by Crippen LogP contribution is -2.47. The van der Waals surface area contributed by atoms with Gasteiger partial charge in [0.15, 0.2) is 0 Å². The molecule has 0 radical (unpaired) electrons. The number of hydrogen-bond acceptors (Lipinski definition) is 4. The minimum absolute atomic E-state index is 0.246. The molecule has 0 amide bonds. The first kappa shape index (κ1) is 18.1. The van der Waals surface area contributed by atoms with Gasteiger partial charge in [0.1, 0.15) is 0 Å². The predicted molar refractivity (Wildman–Crippen MR) is 90.6 cm³/mol. The molecule has 0 saturated heterocycles. The van der Waals surface area contributed by atoms with Crippen molar-refractivity contribution in [3.8, 4) is 0 Å². The molecule has 0 heterocycles. The van der Waals surface area contributed by atoms with Gasteiger partial charge in [0, 0.05) is 0 Å². The maximum absolute atomic E-state index is 10.9.